The molecule has 0 aliphatic heterocycles. The van der Waals surface area contributed by atoms with Crippen LogP contribution in [-0.2, 0) is 0 Å². The van der Waals surface area contributed by atoms with Crippen molar-refractivity contribution < 1.29 is 0 Å². The minimum atomic E-state index is 1.01. The first-order chi connectivity index (χ1) is 5.90. The van der Waals surface area contributed by atoms with E-state index in [-0.39, 0.29) is 0 Å². The zero-order chi connectivity index (χ0) is 8.39. The van der Waals surface area contributed by atoms with Gasteiger partial charge in [0, 0.05) is 11.6 Å². The second kappa shape index (κ2) is 2.78. The molecule has 0 saturated carbocycles. The summed E-state index contributed by atoms with van der Waals surface area (Å²) in [4.78, 5) is 4.21. The summed E-state index contributed by atoms with van der Waals surface area (Å²) in [6.45, 7) is 3.59. The summed E-state index contributed by atoms with van der Waals surface area (Å²) in [5.74, 6) is 0. The van der Waals surface area contributed by atoms with E-state index in [1.807, 2.05) is 30.3 Å². The second-order valence-electron chi connectivity index (χ2n) is 2.59. The smallest absolute Gasteiger partial charge is 0.0702 e. The van der Waals surface area contributed by atoms with Crippen molar-refractivity contribution in [1.29, 1.82) is 0 Å². The molecule has 0 aliphatic rings. The Morgan fingerprint density at radius 3 is 3.00 bits per heavy atom. The summed E-state index contributed by atoms with van der Waals surface area (Å²) in [7, 11) is 0. The van der Waals surface area contributed by atoms with Gasteiger partial charge in [-0.15, -0.1) is 0 Å². The third kappa shape index (κ3) is 1.10. The lowest BCUT2D eigenvalue weighted by molar-refractivity contribution is 1.41. The molecule has 0 aliphatic carbocycles. The summed E-state index contributed by atoms with van der Waals surface area (Å²) < 4.78 is 0. The van der Waals surface area contributed by atoms with Crippen LogP contribution in [0.1, 0.15) is 5.56 Å². The Bertz CT molecular complexity index is 418. The summed E-state index contributed by atoms with van der Waals surface area (Å²) in [5.41, 5.74) is 2.02. The number of fused-ring (bicyclic) bond motifs is 1. The van der Waals surface area contributed by atoms with Crippen LogP contribution in [0.2, 0.25) is 0 Å². The van der Waals surface area contributed by atoms with Gasteiger partial charge in [-0.3, -0.25) is 4.98 Å². The summed E-state index contributed by atoms with van der Waals surface area (Å²) in [6, 6.07) is 9.92. The van der Waals surface area contributed by atoms with Gasteiger partial charge < -0.3 is 0 Å². The monoisotopic (exact) mass is 154 g/mol. The molecule has 0 unspecified atom stereocenters. The van der Waals surface area contributed by atoms with Crippen LogP contribution in [0, 0.1) is 6.08 Å². The van der Waals surface area contributed by atoms with Gasteiger partial charge in [-0.25, -0.2) is 0 Å². The molecule has 1 nitrogen and oxygen atoms in total. The number of benzene rings is 1. The van der Waals surface area contributed by atoms with Gasteiger partial charge in [0.15, 0.2) is 0 Å². The molecule has 2 aromatic rings. The first-order valence-corrected chi connectivity index (χ1v) is 3.78. The lowest BCUT2D eigenvalue weighted by Gasteiger charge is -1.96. The SMILES string of the molecule is C=[C]c1ccc2ncccc2c1. The lowest BCUT2D eigenvalue weighted by atomic mass is 10.1. The molecule has 1 heteroatoms. The van der Waals surface area contributed by atoms with Crippen molar-refractivity contribution in [3.63, 3.8) is 0 Å². The maximum absolute atomic E-state index is 4.21. The Morgan fingerprint density at radius 1 is 1.25 bits per heavy atom. The minimum absolute atomic E-state index is 1.01. The Hall–Kier alpha value is -1.63. The molecule has 0 spiro atoms. The number of rotatable bonds is 1. The number of hydrogen-bond donors (Lipinski definition) is 0. The number of hydrogen-bond acceptors (Lipinski definition) is 1. The molecule has 1 aromatic carbocycles. The Kier molecular flexibility index (Phi) is 1.63. The summed E-state index contributed by atoms with van der Waals surface area (Å²) >= 11 is 0. The number of nitrogens with zero attached hydrogens (tertiary/aromatic N) is 1. The standard InChI is InChI=1S/C11H8N/c1-2-9-5-6-11-10(8-9)4-3-7-12-11/h3-8H,1H2. The third-order valence-corrected chi connectivity index (χ3v) is 1.81. The largest absolute Gasteiger partial charge is 0.256 e. The van der Waals surface area contributed by atoms with Crippen LogP contribution >= 0.6 is 0 Å². The van der Waals surface area contributed by atoms with Gasteiger partial charge in [0.25, 0.3) is 0 Å². The van der Waals surface area contributed by atoms with Crippen LogP contribution in [0.15, 0.2) is 43.1 Å². The summed E-state index contributed by atoms with van der Waals surface area (Å²) in [6.07, 6.45) is 4.63. The normalized spacial score (nSPS) is 10.0. The minimum Gasteiger partial charge on any atom is -0.256 e. The van der Waals surface area contributed by atoms with Crippen LogP contribution in [0.5, 0.6) is 0 Å². The second-order valence-corrected chi connectivity index (χ2v) is 2.59. The Morgan fingerprint density at radius 2 is 2.17 bits per heavy atom. The van der Waals surface area contributed by atoms with Gasteiger partial charge in [-0.05, 0) is 29.8 Å². The molecule has 1 aromatic heterocycles. The highest BCUT2D eigenvalue weighted by atomic mass is 14.6. The molecule has 57 valence electrons. The van der Waals surface area contributed by atoms with Crippen LogP contribution in [0.25, 0.3) is 10.9 Å². The van der Waals surface area contributed by atoms with Crippen molar-refractivity contribution >= 4 is 10.9 Å². The zero-order valence-corrected chi connectivity index (χ0v) is 6.62. The van der Waals surface area contributed by atoms with Gasteiger partial charge in [-0.2, -0.15) is 0 Å². The fourth-order valence-electron chi connectivity index (χ4n) is 1.19. The van der Waals surface area contributed by atoms with Gasteiger partial charge in [0.05, 0.1) is 5.52 Å². The quantitative estimate of drug-likeness (QED) is 0.615. The van der Waals surface area contributed by atoms with E-state index in [1.165, 1.54) is 0 Å². The van der Waals surface area contributed by atoms with Crippen molar-refractivity contribution in [3.8, 4) is 0 Å². The van der Waals surface area contributed by atoms with Crippen LogP contribution < -0.4 is 0 Å². The molecule has 2 rings (SSSR count). The molecule has 0 bridgehead atoms. The van der Waals surface area contributed by atoms with Gasteiger partial charge in [-0.1, -0.05) is 18.7 Å². The van der Waals surface area contributed by atoms with Crippen molar-refractivity contribution in [2.75, 3.05) is 0 Å². The van der Waals surface area contributed by atoms with Gasteiger partial charge >= 0.3 is 0 Å². The van der Waals surface area contributed by atoms with E-state index in [4.69, 9.17) is 0 Å². The van der Waals surface area contributed by atoms with E-state index in [0.29, 0.717) is 0 Å². The molecule has 1 radical (unpaired) electrons. The molecule has 1 heterocycles. The average Bonchev–Trinajstić information content (AvgIpc) is 2.17. The fraction of sp³-hybridized carbons (Fsp3) is 0. The molecule has 12 heavy (non-hydrogen) atoms. The molecule has 0 amide bonds. The summed E-state index contributed by atoms with van der Waals surface area (Å²) in [5, 5.41) is 1.13. The highest BCUT2D eigenvalue weighted by molar-refractivity contribution is 5.79. The highest BCUT2D eigenvalue weighted by Crippen LogP contribution is 2.12. The molecule has 0 N–H and O–H groups in total. The fourth-order valence-corrected chi connectivity index (χ4v) is 1.19. The van der Waals surface area contributed by atoms with Gasteiger partial charge in [0.1, 0.15) is 0 Å². The van der Waals surface area contributed by atoms with Crippen molar-refractivity contribution in [2.24, 2.45) is 0 Å². The first kappa shape index (κ1) is 7.04. The molecule has 0 fully saturated rings. The van der Waals surface area contributed by atoms with E-state index >= 15 is 0 Å². The Labute approximate surface area is 71.4 Å². The van der Waals surface area contributed by atoms with Crippen molar-refractivity contribution in [2.45, 2.75) is 0 Å². The molecular formula is C11H8N. The van der Waals surface area contributed by atoms with E-state index in [0.717, 1.165) is 16.5 Å². The number of pyridine rings is 1. The maximum atomic E-state index is 4.21. The molecule has 0 saturated heterocycles. The highest BCUT2D eigenvalue weighted by Gasteiger charge is 1.92. The van der Waals surface area contributed by atoms with Crippen molar-refractivity contribution in [3.05, 3.63) is 54.7 Å². The molecule has 0 atom stereocenters. The average molecular weight is 154 g/mol. The van der Waals surface area contributed by atoms with E-state index in [2.05, 4.69) is 17.6 Å². The van der Waals surface area contributed by atoms with Gasteiger partial charge in [0.2, 0.25) is 0 Å². The van der Waals surface area contributed by atoms with E-state index in [1.54, 1.807) is 6.20 Å². The lowest BCUT2D eigenvalue weighted by Crippen LogP contribution is -1.78. The first-order valence-electron chi connectivity index (χ1n) is 3.78. The van der Waals surface area contributed by atoms with Crippen LogP contribution in [0.4, 0.5) is 0 Å². The predicted molar refractivity (Wildman–Crippen MR) is 49.7 cm³/mol. The predicted octanol–water partition coefficient (Wildman–Crippen LogP) is 2.57. The van der Waals surface area contributed by atoms with E-state index in [9.17, 15) is 0 Å². The van der Waals surface area contributed by atoms with E-state index < -0.39 is 0 Å². The molecular weight excluding hydrogens is 146 g/mol. The third-order valence-electron chi connectivity index (χ3n) is 1.81. The van der Waals surface area contributed by atoms with Crippen LogP contribution in [0.3, 0.4) is 0 Å². The zero-order valence-electron chi connectivity index (χ0n) is 6.62. The number of aromatic nitrogens is 1. The maximum Gasteiger partial charge on any atom is 0.0702 e. The Balaban J connectivity index is 2.75. The van der Waals surface area contributed by atoms with Crippen molar-refractivity contribution in [1.82, 2.24) is 4.98 Å². The van der Waals surface area contributed by atoms with Crippen LogP contribution in [-0.4, -0.2) is 4.98 Å². The topological polar surface area (TPSA) is 12.9 Å².